The Kier molecular flexibility index (Phi) is 5.79. The van der Waals surface area contributed by atoms with Gasteiger partial charge in [-0.25, -0.2) is 0 Å². The molecular weight excluding hydrogens is 152 g/mol. The Balaban J connectivity index is 3.98. The molecule has 2 unspecified atom stereocenters. The van der Waals surface area contributed by atoms with Gasteiger partial charge in [0.2, 0.25) is 0 Å². The number of terminal acetylenes is 1. The summed E-state index contributed by atoms with van der Waals surface area (Å²) in [5.41, 5.74) is 0. The van der Waals surface area contributed by atoms with Crippen molar-refractivity contribution in [3.8, 4) is 12.3 Å². The Bertz CT molecular complexity index is 144. The first-order chi connectivity index (χ1) is 5.67. The minimum absolute atomic E-state index is 0.161. The highest BCUT2D eigenvalue weighted by Gasteiger charge is 2.22. The molecule has 0 spiro atoms. The maximum atomic E-state index is 9.56. The maximum absolute atomic E-state index is 9.56. The summed E-state index contributed by atoms with van der Waals surface area (Å²) < 4.78 is 0. The smallest absolute Gasteiger partial charge is 0.0910 e. The number of aliphatic hydroxyl groups excluding tert-OH is 2. The van der Waals surface area contributed by atoms with Gasteiger partial charge in [0.05, 0.1) is 12.2 Å². The van der Waals surface area contributed by atoms with Gasteiger partial charge in [-0.05, 0) is 5.92 Å². The highest BCUT2D eigenvalue weighted by molar-refractivity contribution is 4.90. The van der Waals surface area contributed by atoms with Crippen LogP contribution in [0.2, 0.25) is 0 Å². The topological polar surface area (TPSA) is 40.5 Å². The van der Waals surface area contributed by atoms with Crippen LogP contribution in [0.1, 0.15) is 33.1 Å². The van der Waals surface area contributed by atoms with Crippen molar-refractivity contribution in [3.05, 3.63) is 0 Å². The van der Waals surface area contributed by atoms with Crippen molar-refractivity contribution < 1.29 is 10.2 Å². The Morgan fingerprint density at radius 2 is 1.75 bits per heavy atom. The lowest BCUT2D eigenvalue weighted by atomic mass is 9.92. The third-order valence-electron chi connectivity index (χ3n) is 2.25. The SMILES string of the molecule is C#CCC(O)C(O)C(CC)CC. The lowest BCUT2D eigenvalue weighted by molar-refractivity contribution is -0.0164. The van der Waals surface area contributed by atoms with Crippen LogP contribution in [-0.2, 0) is 0 Å². The van der Waals surface area contributed by atoms with Gasteiger partial charge in [-0.2, -0.15) is 0 Å². The van der Waals surface area contributed by atoms with Crippen LogP contribution in [0.3, 0.4) is 0 Å². The van der Waals surface area contributed by atoms with E-state index in [-0.39, 0.29) is 12.3 Å². The molecule has 0 fully saturated rings. The summed E-state index contributed by atoms with van der Waals surface area (Å²) >= 11 is 0. The van der Waals surface area contributed by atoms with Crippen LogP contribution in [0.5, 0.6) is 0 Å². The predicted octanol–water partition coefficient (Wildman–Crippen LogP) is 1.17. The molecule has 2 N–H and O–H groups in total. The van der Waals surface area contributed by atoms with E-state index in [2.05, 4.69) is 5.92 Å². The van der Waals surface area contributed by atoms with Gasteiger partial charge in [-0.3, -0.25) is 0 Å². The zero-order valence-electron chi connectivity index (χ0n) is 7.83. The highest BCUT2D eigenvalue weighted by Crippen LogP contribution is 2.17. The van der Waals surface area contributed by atoms with Crippen LogP contribution in [0.25, 0.3) is 0 Å². The second kappa shape index (κ2) is 6.05. The quantitative estimate of drug-likeness (QED) is 0.608. The molecule has 0 saturated heterocycles. The van der Waals surface area contributed by atoms with Gasteiger partial charge in [0.25, 0.3) is 0 Å². The van der Waals surface area contributed by atoms with Crippen LogP contribution < -0.4 is 0 Å². The molecule has 2 nitrogen and oxygen atoms in total. The summed E-state index contributed by atoms with van der Waals surface area (Å²) in [5, 5.41) is 18.9. The molecule has 0 aliphatic carbocycles. The second-order valence-corrected chi connectivity index (χ2v) is 3.04. The third kappa shape index (κ3) is 3.25. The van der Waals surface area contributed by atoms with E-state index < -0.39 is 12.2 Å². The van der Waals surface area contributed by atoms with Crippen molar-refractivity contribution in [3.63, 3.8) is 0 Å². The standard InChI is InChI=1S/C10H18O2/c1-4-7-9(11)10(12)8(5-2)6-3/h1,8-12H,5-7H2,2-3H3. The molecule has 0 aromatic carbocycles. The molecule has 0 radical (unpaired) electrons. The maximum Gasteiger partial charge on any atom is 0.0910 e. The average molecular weight is 170 g/mol. The van der Waals surface area contributed by atoms with Crippen molar-refractivity contribution >= 4 is 0 Å². The molecule has 2 heteroatoms. The molecule has 0 saturated carbocycles. The third-order valence-corrected chi connectivity index (χ3v) is 2.25. The van der Waals surface area contributed by atoms with E-state index in [1.54, 1.807) is 0 Å². The van der Waals surface area contributed by atoms with Crippen LogP contribution in [0, 0.1) is 18.3 Å². The Labute approximate surface area is 74.6 Å². The summed E-state index contributed by atoms with van der Waals surface area (Å²) in [7, 11) is 0. The first-order valence-electron chi connectivity index (χ1n) is 4.46. The molecule has 0 heterocycles. The van der Waals surface area contributed by atoms with Crippen molar-refractivity contribution in [2.75, 3.05) is 0 Å². The number of hydrogen-bond donors (Lipinski definition) is 2. The Morgan fingerprint density at radius 1 is 1.25 bits per heavy atom. The number of hydrogen-bond acceptors (Lipinski definition) is 2. The molecule has 0 aliphatic rings. The van der Waals surface area contributed by atoms with E-state index in [4.69, 9.17) is 6.42 Å². The van der Waals surface area contributed by atoms with E-state index in [0.29, 0.717) is 0 Å². The van der Waals surface area contributed by atoms with Crippen molar-refractivity contribution in [2.45, 2.75) is 45.3 Å². The molecule has 0 bridgehead atoms. The summed E-state index contributed by atoms with van der Waals surface area (Å²) in [6.45, 7) is 4.00. The second-order valence-electron chi connectivity index (χ2n) is 3.04. The first kappa shape index (κ1) is 11.5. The Hall–Kier alpha value is -0.520. The van der Waals surface area contributed by atoms with Gasteiger partial charge in [0.1, 0.15) is 0 Å². The number of aliphatic hydroxyl groups is 2. The molecule has 12 heavy (non-hydrogen) atoms. The van der Waals surface area contributed by atoms with Crippen LogP contribution >= 0.6 is 0 Å². The fourth-order valence-electron chi connectivity index (χ4n) is 1.33. The fourth-order valence-corrected chi connectivity index (χ4v) is 1.33. The van der Waals surface area contributed by atoms with Gasteiger partial charge >= 0.3 is 0 Å². The van der Waals surface area contributed by atoms with E-state index in [0.717, 1.165) is 12.8 Å². The van der Waals surface area contributed by atoms with Gasteiger partial charge in [0.15, 0.2) is 0 Å². The summed E-state index contributed by atoms with van der Waals surface area (Å²) in [4.78, 5) is 0. The van der Waals surface area contributed by atoms with Crippen molar-refractivity contribution in [2.24, 2.45) is 5.92 Å². The molecule has 70 valence electrons. The fraction of sp³-hybridized carbons (Fsp3) is 0.800. The molecule has 0 aliphatic heterocycles. The summed E-state index contributed by atoms with van der Waals surface area (Å²) in [5.74, 6) is 2.50. The lowest BCUT2D eigenvalue weighted by Crippen LogP contribution is -2.32. The van der Waals surface area contributed by atoms with E-state index in [1.165, 1.54) is 0 Å². The van der Waals surface area contributed by atoms with E-state index >= 15 is 0 Å². The van der Waals surface area contributed by atoms with Crippen molar-refractivity contribution in [1.82, 2.24) is 0 Å². The van der Waals surface area contributed by atoms with Gasteiger partial charge in [-0.15, -0.1) is 12.3 Å². The van der Waals surface area contributed by atoms with Crippen LogP contribution in [0.15, 0.2) is 0 Å². The zero-order chi connectivity index (χ0) is 9.56. The monoisotopic (exact) mass is 170 g/mol. The average Bonchev–Trinajstić information content (AvgIpc) is 2.07. The lowest BCUT2D eigenvalue weighted by Gasteiger charge is -2.23. The molecule has 0 aromatic rings. The largest absolute Gasteiger partial charge is 0.390 e. The highest BCUT2D eigenvalue weighted by atomic mass is 16.3. The number of rotatable bonds is 5. The minimum atomic E-state index is -0.764. The van der Waals surface area contributed by atoms with Gasteiger partial charge < -0.3 is 10.2 Å². The molecule has 0 rings (SSSR count). The Morgan fingerprint density at radius 3 is 2.08 bits per heavy atom. The summed E-state index contributed by atoms with van der Waals surface area (Å²) in [6.07, 6.45) is 5.58. The molecular formula is C10H18O2. The molecule has 0 amide bonds. The van der Waals surface area contributed by atoms with Crippen LogP contribution in [0.4, 0.5) is 0 Å². The minimum Gasteiger partial charge on any atom is -0.390 e. The van der Waals surface area contributed by atoms with E-state index in [1.807, 2.05) is 13.8 Å². The molecule has 2 atom stereocenters. The summed E-state index contributed by atoms with van der Waals surface area (Å²) in [6, 6.07) is 0. The molecule has 0 aromatic heterocycles. The zero-order valence-corrected chi connectivity index (χ0v) is 7.83. The first-order valence-corrected chi connectivity index (χ1v) is 4.46. The van der Waals surface area contributed by atoms with Crippen LogP contribution in [-0.4, -0.2) is 22.4 Å². The van der Waals surface area contributed by atoms with E-state index in [9.17, 15) is 10.2 Å². The van der Waals surface area contributed by atoms with Gasteiger partial charge in [-0.1, -0.05) is 26.7 Å². The predicted molar refractivity (Wildman–Crippen MR) is 49.5 cm³/mol. The van der Waals surface area contributed by atoms with Crippen molar-refractivity contribution in [1.29, 1.82) is 0 Å². The normalized spacial score (nSPS) is 15.7. The van der Waals surface area contributed by atoms with Gasteiger partial charge in [0, 0.05) is 6.42 Å².